The first-order chi connectivity index (χ1) is 7.84. The van der Waals surface area contributed by atoms with Gasteiger partial charge in [0.1, 0.15) is 5.82 Å². The van der Waals surface area contributed by atoms with Gasteiger partial charge in [-0.3, -0.25) is 4.72 Å². The van der Waals surface area contributed by atoms with Crippen molar-refractivity contribution < 1.29 is 12.8 Å². The monoisotopic (exact) mass is 256 g/mol. The summed E-state index contributed by atoms with van der Waals surface area (Å²) in [7, 11) is -3.55. The molecule has 0 radical (unpaired) electrons. The number of halogens is 1. The van der Waals surface area contributed by atoms with Crippen molar-refractivity contribution in [2.45, 2.75) is 13.8 Å². The fourth-order valence-corrected chi connectivity index (χ4v) is 2.78. The van der Waals surface area contributed by atoms with Crippen LogP contribution in [0.5, 0.6) is 0 Å². The maximum atomic E-state index is 13.4. The van der Waals surface area contributed by atoms with Gasteiger partial charge in [-0.25, -0.2) is 12.8 Å². The lowest BCUT2D eigenvalue weighted by Crippen LogP contribution is -2.20. The van der Waals surface area contributed by atoms with E-state index < -0.39 is 15.8 Å². The van der Waals surface area contributed by atoms with Crippen LogP contribution in [0.3, 0.4) is 0 Å². The zero-order valence-corrected chi connectivity index (χ0v) is 10.4. The van der Waals surface area contributed by atoms with E-state index in [1.165, 1.54) is 12.1 Å². The van der Waals surface area contributed by atoms with Gasteiger partial charge in [0.25, 0.3) is 0 Å². The Hall–Kier alpha value is -1.61. The smallest absolute Gasteiger partial charge is 0.233 e. The number of rotatable bonds is 4. The minimum absolute atomic E-state index is 0.0473. The topological polar surface area (TPSA) is 70.0 Å². The van der Waals surface area contributed by atoms with Crippen LogP contribution in [0, 0.1) is 23.1 Å². The van der Waals surface area contributed by atoms with Gasteiger partial charge in [0.05, 0.1) is 23.1 Å². The van der Waals surface area contributed by atoms with E-state index in [9.17, 15) is 12.8 Å². The van der Waals surface area contributed by atoms with Crippen LogP contribution >= 0.6 is 0 Å². The average molecular weight is 256 g/mol. The number of nitriles is 1. The lowest BCUT2D eigenvalue weighted by atomic mass is 10.2. The lowest BCUT2D eigenvalue weighted by molar-refractivity contribution is 0.585. The third-order valence-corrected chi connectivity index (χ3v) is 3.55. The van der Waals surface area contributed by atoms with Gasteiger partial charge >= 0.3 is 0 Å². The van der Waals surface area contributed by atoms with Crippen LogP contribution in [0.25, 0.3) is 0 Å². The molecular formula is C11H13FN2O2S. The highest BCUT2D eigenvalue weighted by molar-refractivity contribution is 7.92. The van der Waals surface area contributed by atoms with Gasteiger partial charge in [-0.1, -0.05) is 13.8 Å². The van der Waals surface area contributed by atoms with Crippen molar-refractivity contribution in [1.29, 1.82) is 5.26 Å². The SMILES string of the molecule is CC(C)CS(=O)(=O)Nc1ccc(C#N)cc1F. The van der Waals surface area contributed by atoms with E-state index in [4.69, 9.17) is 5.26 Å². The Morgan fingerprint density at radius 2 is 2.12 bits per heavy atom. The molecule has 0 spiro atoms. The first-order valence-electron chi connectivity index (χ1n) is 5.04. The average Bonchev–Trinajstić information content (AvgIpc) is 2.18. The van der Waals surface area contributed by atoms with Crippen LogP contribution < -0.4 is 4.72 Å². The molecule has 0 aromatic heterocycles. The van der Waals surface area contributed by atoms with Gasteiger partial charge in [-0.2, -0.15) is 5.26 Å². The highest BCUT2D eigenvalue weighted by Gasteiger charge is 2.15. The van der Waals surface area contributed by atoms with Gasteiger partial charge in [-0.15, -0.1) is 0 Å². The summed E-state index contributed by atoms with van der Waals surface area (Å²) in [6.45, 7) is 3.52. The van der Waals surface area contributed by atoms with Crippen LogP contribution in [0.4, 0.5) is 10.1 Å². The van der Waals surface area contributed by atoms with Crippen LogP contribution in [-0.4, -0.2) is 14.2 Å². The maximum Gasteiger partial charge on any atom is 0.233 e. The Balaban J connectivity index is 2.94. The zero-order valence-electron chi connectivity index (χ0n) is 9.57. The fourth-order valence-electron chi connectivity index (χ4n) is 1.32. The first-order valence-corrected chi connectivity index (χ1v) is 6.69. The van der Waals surface area contributed by atoms with E-state index in [2.05, 4.69) is 4.72 Å². The van der Waals surface area contributed by atoms with Crippen molar-refractivity contribution in [3.63, 3.8) is 0 Å². The molecule has 0 fully saturated rings. The summed E-state index contributed by atoms with van der Waals surface area (Å²) in [6.07, 6.45) is 0. The summed E-state index contributed by atoms with van der Waals surface area (Å²) in [4.78, 5) is 0. The predicted molar refractivity (Wildman–Crippen MR) is 63.4 cm³/mol. The summed E-state index contributed by atoms with van der Waals surface area (Å²) in [6, 6.07) is 5.37. The molecule has 0 unspecified atom stereocenters. The molecule has 6 heteroatoms. The molecule has 0 aliphatic rings. The molecule has 0 aliphatic carbocycles. The van der Waals surface area contributed by atoms with Crippen molar-refractivity contribution in [1.82, 2.24) is 0 Å². The molecule has 92 valence electrons. The van der Waals surface area contributed by atoms with Crippen molar-refractivity contribution in [2.75, 3.05) is 10.5 Å². The molecule has 0 heterocycles. The normalized spacial score (nSPS) is 11.2. The first kappa shape index (κ1) is 13.5. The van der Waals surface area contributed by atoms with Gasteiger partial charge in [0, 0.05) is 0 Å². The molecule has 0 saturated heterocycles. The van der Waals surface area contributed by atoms with Crippen LogP contribution in [0.2, 0.25) is 0 Å². The van der Waals surface area contributed by atoms with Gasteiger partial charge < -0.3 is 0 Å². The summed E-state index contributed by atoms with van der Waals surface area (Å²) >= 11 is 0. The Bertz CT molecular complexity index is 547. The highest BCUT2D eigenvalue weighted by atomic mass is 32.2. The number of nitrogens with one attached hydrogen (secondary N) is 1. The van der Waals surface area contributed by atoms with E-state index in [0.29, 0.717) is 0 Å². The second-order valence-electron chi connectivity index (χ2n) is 4.08. The maximum absolute atomic E-state index is 13.4. The Kier molecular flexibility index (Phi) is 4.07. The van der Waals surface area contributed by atoms with E-state index in [0.717, 1.165) is 6.07 Å². The van der Waals surface area contributed by atoms with Gasteiger partial charge in [0.15, 0.2) is 0 Å². The molecule has 0 atom stereocenters. The van der Waals surface area contributed by atoms with E-state index in [1.807, 2.05) is 0 Å². The van der Waals surface area contributed by atoms with Crippen LogP contribution in [0.1, 0.15) is 19.4 Å². The van der Waals surface area contributed by atoms with E-state index in [1.54, 1.807) is 19.9 Å². The summed E-state index contributed by atoms with van der Waals surface area (Å²) < 4.78 is 38.7. The van der Waals surface area contributed by atoms with E-state index >= 15 is 0 Å². The van der Waals surface area contributed by atoms with Crippen molar-refractivity contribution in [2.24, 2.45) is 5.92 Å². The fraction of sp³-hybridized carbons (Fsp3) is 0.364. The third-order valence-electron chi connectivity index (χ3n) is 1.92. The Labute approximate surface area is 100 Å². The molecule has 1 rings (SSSR count). The van der Waals surface area contributed by atoms with Crippen molar-refractivity contribution in [3.05, 3.63) is 29.6 Å². The number of hydrogen-bond acceptors (Lipinski definition) is 3. The lowest BCUT2D eigenvalue weighted by Gasteiger charge is -2.10. The van der Waals surface area contributed by atoms with Gasteiger partial charge in [0.2, 0.25) is 10.0 Å². The quantitative estimate of drug-likeness (QED) is 0.896. The molecule has 1 N–H and O–H groups in total. The van der Waals surface area contributed by atoms with Crippen LogP contribution in [-0.2, 0) is 10.0 Å². The summed E-state index contributed by atoms with van der Waals surface area (Å²) in [5.74, 6) is -0.878. The number of sulfonamides is 1. The van der Waals surface area contributed by atoms with Gasteiger partial charge in [-0.05, 0) is 24.1 Å². The molecule has 17 heavy (non-hydrogen) atoms. The highest BCUT2D eigenvalue weighted by Crippen LogP contribution is 2.17. The minimum atomic E-state index is -3.55. The zero-order chi connectivity index (χ0) is 13.1. The molecule has 4 nitrogen and oxygen atoms in total. The van der Waals surface area contributed by atoms with Crippen molar-refractivity contribution >= 4 is 15.7 Å². The molecule has 1 aromatic carbocycles. The Morgan fingerprint density at radius 1 is 1.47 bits per heavy atom. The minimum Gasteiger partial charge on any atom is -0.281 e. The second-order valence-corrected chi connectivity index (χ2v) is 5.85. The van der Waals surface area contributed by atoms with E-state index in [-0.39, 0.29) is 22.9 Å². The predicted octanol–water partition coefficient (Wildman–Crippen LogP) is 2.10. The van der Waals surface area contributed by atoms with Crippen LogP contribution in [0.15, 0.2) is 18.2 Å². The summed E-state index contributed by atoms with van der Waals surface area (Å²) in [5, 5.41) is 8.55. The number of nitrogens with zero attached hydrogens (tertiary/aromatic N) is 1. The standard InChI is InChI=1S/C11H13FN2O2S/c1-8(2)7-17(15,16)14-11-4-3-9(6-13)5-10(11)12/h3-5,8,14H,7H2,1-2H3. The molecule has 1 aromatic rings. The third kappa shape index (κ3) is 4.04. The number of hydrogen-bond donors (Lipinski definition) is 1. The number of anilines is 1. The largest absolute Gasteiger partial charge is 0.281 e. The molecular weight excluding hydrogens is 243 g/mol. The molecule has 0 saturated carbocycles. The van der Waals surface area contributed by atoms with Crippen molar-refractivity contribution in [3.8, 4) is 6.07 Å². The number of benzene rings is 1. The Morgan fingerprint density at radius 3 is 2.59 bits per heavy atom. The molecule has 0 bridgehead atoms. The molecule has 0 amide bonds. The summed E-state index contributed by atoms with van der Waals surface area (Å²) in [5.41, 5.74) is 0.0129. The molecule has 0 aliphatic heterocycles. The second kappa shape index (κ2) is 5.15.